The highest BCUT2D eigenvalue weighted by Crippen LogP contribution is 2.13. The average molecular weight is 359 g/mol. The van der Waals surface area contributed by atoms with Crippen molar-refractivity contribution < 1.29 is 43.4 Å². The highest BCUT2D eigenvalue weighted by molar-refractivity contribution is 6.01. The Kier molecular flexibility index (Phi) is 7.49. The minimum absolute atomic E-state index is 0.0767. The summed E-state index contributed by atoms with van der Waals surface area (Å²) in [5.41, 5.74) is 0. The van der Waals surface area contributed by atoms with Gasteiger partial charge in [-0.1, -0.05) is 13.8 Å². The molecule has 0 aromatic heterocycles. The van der Waals surface area contributed by atoms with Gasteiger partial charge in [0.1, 0.15) is 0 Å². The predicted molar refractivity (Wildman–Crippen MR) is 79.2 cm³/mol. The number of rotatable bonds is 8. The first-order valence-corrected chi connectivity index (χ1v) is 7.73. The quantitative estimate of drug-likeness (QED) is 0.448. The van der Waals surface area contributed by atoms with Crippen LogP contribution in [-0.2, 0) is 38.3 Å². The molecule has 25 heavy (non-hydrogen) atoms. The molecule has 10 nitrogen and oxygen atoms in total. The lowest BCUT2D eigenvalue weighted by Gasteiger charge is -2.17. The molecule has 1 N–H and O–H groups in total. The zero-order valence-electron chi connectivity index (χ0n) is 14.2. The van der Waals surface area contributed by atoms with Crippen molar-refractivity contribution in [1.29, 1.82) is 0 Å². The number of imide groups is 1. The number of amides is 2. The van der Waals surface area contributed by atoms with E-state index in [9.17, 15) is 29.1 Å². The van der Waals surface area contributed by atoms with Crippen LogP contribution in [-0.4, -0.2) is 58.7 Å². The number of carbonyl (C=O) groups excluding carboxylic acids is 5. The molecule has 1 fully saturated rings. The molecule has 2 atom stereocenters. The van der Waals surface area contributed by atoms with Crippen molar-refractivity contribution in [2.45, 2.75) is 52.2 Å². The molecule has 2 amide bonds. The SMILES string of the molecule is CC(C)COC(=O)[C@H](C)OC(=O)[C@@H](O)CC(=O)ON1C(=O)CCC1=O. The number of hydrogen-bond acceptors (Lipinski definition) is 9. The number of hydroxylamine groups is 2. The highest BCUT2D eigenvalue weighted by atomic mass is 16.7. The topological polar surface area (TPSA) is 137 Å². The Hall–Kier alpha value is -2.49. The number of carbonyl (C=O) groups is 5. The van der Waals surface area contributed by atoms with Gasteiger partial charge in [0.25, 0.3) is 11.8 Å². The van der Waals surface area contributed by atoms with Gasteiger partial charge >= 0.3 is 17.9 Å². The Morgan fingerprint density at radius 1 is 1.08 bits per heavy atom. The van der Waals surface area contributed by atoms with Gasteiger partial charge in [0, 0.05) is 12.8 Å². The highest BCUT2D eigenvalue weighted by Gasteiger charge is 2.34. The van der Waals surface area contributed by atoms with Gasteiger partial charge in [0.2, 0.25) is 0 Å². The molecule has 0 spiro atoms. The summed E-state index contributed by atoms with van der Waals surface area (Å²) in [6, 6.07) is 0. The van der Waals surface area contributed by atoms with Crippen LogP contribution in [0, 0.1) is 5.92 Å². The van der Waals surface area contributed by atoms with Crippen molar-refractivity contribution in [3.05, 3.63) is 0 Å². The van der Waals surface area contributed by atoms with Crippen LogP contribution < -0.4 is 0 Å². The Bertz CT molecular complexity index is 541. The number of esters is 2. The van der Waals surface area contributed by atoms with E-state index in [2.05, 4.69) is 4.84 Å². The molecule has 0 aromatic carbocycles. The summed E-state index contributed by atoms with van der Waals surface area (Å²) >= 11 is 0. The third-order valence-electron chi connectivity index (χ3n) is 3.01. The van der Waals surface area contributed by atoms with Gasteiger partial charge in [0.05, 0.1) is 13.0 Å². The molecule has 1 heterocycles. The zero-order valence-corrected chi connectivity index (χ0v) is 14.2. The van der Waals surface area contributed by atoms with Crippen molar-refractivity contribution in [2.75, 3.05) is 6.61 Å². The van der Waals surface area contributed by atoms with E-state index >= 15 is 0 Å². The maximum Gasteiger partial charge on any atom is 0.347 e. The number of hydrogen-bond donors (Lipinski definition) is 1. The molecule has 1 aliphatic heterocycles. The van der Waals surface area contributed by atoms with Crippen LogP contribution in [0.25, 0.3) is 0 Å². The van der Waals surface area contributed by atoms with Crippen molar-refractivity contribution in [3.8, 4) is 0 Å². The number of nitrogens with zero attached hydrogens (tertiary/aromatic N) is 1. The lowest BCUT2D eigenvalue weighted by atomic mass is 10.2. The Morgan fingerprint density at radius 2 is 1.64 bits per heavy atom. The fourth-order valence-corrected chi connectivity index (χ4v) is 1.71. The first-order valence-electron chi connectivity index (χ1n) is 7.73. The van der Waals surface area contributed by atoms with Gasteiger partial charge in [-0.25, -0.2) is 14.4 Å². The molecule has 0 bridgehead atoms. The average Bonchev–Trinajstić information content (AvgIpc) is 2.84. The smallest absolute Gasteiger partial charge is 0.347 e. The Labute approximate surface area is 143 Å². The van der Waals surface area contributed by atoms with Crippen LogP contribution in [0.3, 0.4) is 0 Å². The van der Waals surface area contributed by atoms with E-state index in [1.807, 2.05) is 13.8 Å². The first kappa shape index (κ1) is 20.6. The molecule has 0 unspecified atom stereocenters. The van der Waals surface area contributed by atoms with Crippen molar-refractivity contribution >= 4 is 29.7 Å². The van der Waals surface area contributed by atoms with Crippen LogP contribution >= 0.6 is 0 Å². The van der Waals surface area contributed by atoms with E-state index < -0.39 is 48.4 Å². The predicted octanol–water partition coefficient (Wildman–Crippen LogP) is -0.524. The van der Waals surface area contributed by atoms with Crippen molar-refractivity contribution in [1.82, 2.24) is 5.06 Å². The molecule has 1 rings (SSSR count). The van der Waals surface area contributed by atoms with E-state index in [4.69, 9.17) is 9.47 Å². The second-order valence-electron chi connectivity index (χ2n) is 5.87. The van der Waals surface area contributed by atoms with Gasteiger partial charge in [-0.3, -0.25) is 9.59 Å². The van der Waals surface area contributed by atoms with E-state index in [-0.39, 0.29) is 25.4 Å². The largest absolute Gasteiger partial charge is 0.463 e. The zero-order chi connectivity index (χ0) is 19.1. The Morgan fingerprint density at radius 3 is 2.16 bits per heavy atom. The van der Waals surface area contributed by atoms with E-state index in [0.717, 1.165) is 0 Å². The van der Waals surface area contributed by atoms with Gasteiger partial charge in [-0.2, -0.15) is 0 Å². The molecule has 0 aliphatic carbocycles. The normalized spacial score (nSPS) is 16.6. The summed E-state index contributed by atoms with van der Waals surface area (Å²) in [4.78, 5) is 61.9. The van der Waals surface area contributed by atoms with Gasteiger partial charge in [0.15, 0.2) is 12.2 Å². The van der Waals surface area contributed by atoms with Gasteiger partial charge < -0.3 is 19.4 Å². The molecule has 1 saturated heterocycles. The van der Waals surface area contributed by atoms with Gasteiger partial charge in [-0.05, 0) is 12.8 Å². The standard InChI is InChI=1S/C15H21NO9/c1-8(2)7-23-14(21)9(3)24-15(22)10(17)6-13(20)25-16-11(18)4-5-12(16)19/h8-10,17H,4-7H2,1-3H3/t9-,10-/m0/s1. The summed E-state index contributed by atoms with van der Waals surface area (Å²) < 4.78 is 9.57. The minimum atomic E-state index is -1.92. The molecular weight excluding hydrogens is 338 g/mol. The van der Waals surface area contributed by atoms with E-state index in [1.165, 1.54) is 6.92 Å². The fourth-order valence-electron chi connectivity index (χ4n) is 1.71. The van der Waals surface area contributed by atoms with Crippen LogP contribution in [0.2, 0.25) is 0 Å². The first-order chi connectivity index (χ1) is 11.6. The molecule has 140 valence electrons. The van der Waals surface area contributed by atoms with Crippen molar-refractivity contribution in [2.24, 2.45) is 5.92 Å². The number of aliphatic hydroxyl groups is 1. The summed E-state index contributed by atoms with van der Waals surface area (Å²) in [5, 5.41) is 9.92. The molecule has 0 aromatic rings. The molecule has 10 heteroatoms. The van der Waals surface area contributed by atoms with Crippen LogP contribution in [0.15, 0.2) is 0 Å². The van der Waals surface area contributed by atoms with Gasteiger partial charge in [-0.15, -0.1) is 5.06 Å². The molecule has 1 aliphatic rings. The maximum absolute atomic E-state index is 11.7. The van der Waals surface area contributed by atoms with Crippen LogP contribution in [0.4, 0.5) is 0 Å². The van der Waals surface area contributed by atoms with E-state index in [0.29, 0.717) is 5.06 Å². The summed E-state index contributed by atoms with van der Waals surface area (Å²) in [6.07, 6.45) is -4.18. The summed E-state index contributed by atoms with van der Waals surface area (Å²) in [7, 11) is 0. The second kappa shape index (κ2) is 9.11. The number of aliphatic hydroxyl groups excluding tert-OH is 1. The molecule has 0 saturated carbocycles. The summed E-state index contributed by atoms with van der Waals surface area (Å²) in [5.74, 6) is -4.45. The lowest BCUT2D eigenvalue weighted by molar-refractivity contribution is -0.199. The third-order valence-corrected chi connectivity index (χ3v) is 3.01. The van der Waals surface area contributed by atoms with Crippen molar-refractivity contribution in [3.63, 3.8) is 0 Å². The monoisotopic (exact) mass is 359 g/mol. The Balaban J connectivity index is 2.42. The summed E-state index contributed by atoms with van der Waals surface area (Å²) in [6.45, 7) is 5.06. The second-order valence-corrected chi connectivity index (χ2v) is 5.87. The van der Waals surface area contributed by atoms with Crippen LogP contribution in [0.5, 0.6) is 0 Å². The molecular formula is C15H21NO9. The minimum Gasteiger partial charge on any atom is -0.463 e. The third kappa shape index (κ3) is 6.49. The maximum atomic E-state index is 11.7. The van der Waals surface area contributed by atoms with E-state index in [1.54, 1.807) is 0 Å². The fraction of sp³-hybridized carbons (Fsp3) is 0.667. The molecule has 0 radical (unpaired) electrons. The number of ether oxygens (including phenoxy) is 2. The lowest BCUT2D eigenvalue weighted by Crippen LogP contribution is -2.36. The van der Waals surface area contributed by atoms with Crippen LogP contribution in [0.1, 0.15) is 40.0 Å².